The summed E-state index contributed by atoms with van der Waals surface area (Å²) in [5.74, 6) is -1.21. The molecular formula is C15H16O4S2. The molecule has 6 heteroatoms. The van der Waals surface area contributed by atoms with Gasteiger partial charge in [-0.15, -0.1) is 11.3 Å². The van der Waals surface area contributed by atoms with Crippen molar-refractivity contribution < 1.29 is 18.3 Å². The SMILES string of the molecule is O=C(O)c1sc2ccccc2c1CS(=O)(=O)C1CCCC1. The predicted molar refractivity (Wildman–Crippen MR) is 83.7 cm³/mol. The van der Waals surface area contributed by atoms with Gasteiger partial charge < -0.3 is 5.11 Å². The van der Waals surface area contributed by atoms with E-state index in [1.54, 1.807) is 6.07 Å². The van der Waals surface area contributed by atoms with Crippen molar-refractivity contribution >= 4 is 37.2 Å². The lowest BCUT2D eigenvalue weighted by Crippen LogP contribution is -2.20. The number of aromatic carboxylic acids is 1. The highest BCUT2D eigenvalue weighted by Crippen LogP contribution is 2.35. The molecule has 1 N–H and O–H groups in total. The zero-order valence-electron chi connectivity index (χ0n) is 11.4. The van der Waals surface area contributed by atoms with Crippen LogP contribution in [-0.4, -0.2) is 24.7 Å². The smallest absolute Gasteiger partial charge is 0.346 e. The Bertz CT molecular complexity index is 783. The number of thiophene rings is 1. The van der Waals surface area contributed by atoms with Crippen molar-refractivity contribution in [2.24, 2.45) is 0 Å². The molecule has 3 rings (SSSR count). The zero-order valence-corrected chi connectivity index (χ0v) is 13.0. The van der Waals surface area contributed by atoms with Gasteiger partial charge in [0.2, 0.25) is 0 Å². The number of carboxylic acid groups (broad SMARTS) is 1. The van der Waals surface area contributed by atoms with Gasteiger partial charge in [-0.25, -0.2) is 13.2 Å². The number of sulfone groups is 1. The van der Waals surface area contributed by atoms with E-state index in [-0.39, 0.29) is 15.9 Å². The second kappa shape index (κ2) is 5.42. The average Bonchev–Trinajstić information content (AvgIpc) is 3.07. The summed E-state index contributed by atoms with van der Waals surface area (Å²) in [6.45, 7) is 0. The second-order valence-electron chi connectivity index (χ2n) is 5.42. The highest BCUT2D eigenvalue weighted by Gasteiger charge is 2.31. The van der Waals surface area contributed by atoms with Gasteiger partial charge in [0, 0.05) is 10.3 Å². The van der Waals surface area contributed by atoms with Gasteiger partial charge in [-0.3, -0.25) is 0 Å². The fraction of sp³-hybridized carbons (Fsp3) is 0.400. The molecule has 1 aromatic heterocycles. The van der Waals surface area contributed by atoms with Crippen LogP contribution in [0.25, 0.3) is 10.1 Å². The maximum Gasteiger partial charge on any atom is 0.346 e. The summed E-state index contributed by atoms with van der Waals surface area (Å²) in [6, 6.07) is 7.28. The molecule has 0 radical (unpaired) electrons. The highest BCUT2D eigenvalue weighted by atomic mass is 32.2. The summed E-state index contributed by atoms with van der Waals surface area (Å²) in [5, 5.41) is 9.79. The van der Waals surface area contributed by atoms with Crippen LogP contribution >= 0.6 is 11.3 Å². The van der Waals surface area contributed by atoms with Crippen LogP contribution in [0.3, 0.4) is 0 Å². The second-order valence-corrected chi connectivity index (χ2v) is 8.76. The van der Waals surface area contributed by atoms with Gasteiger partial charge in [0.15, 0.2) is 9.84 Å². The van der Waals surface area contributed by atoms with E-state index in [2.05, 4.69) is 0 Å². The molecule has 0 amide bonds. The number of fused-ring (bicyclic) bond motifs is 1. The van der Waals surface area contributed by atoms with E-state index in [9.17, 15) is 18.3 Å². The topological polar surface area (TPSA) is 71.4 Å². The minimum Gasteiger partial charge on any atom is -0.477 e. The lowest BCUT2D eigenvalue weighted by atomic mass is 10.1. The minimum atomic E-state index is -3.29. The molecule has 1 aliphatic rings. The summed E-state index contributed by atoms with van der Waals surface area (Å²) in [7, 11) is -3.29. The molecule has 0 saturated heterocycles. The van der Waals surface area contributed by atoms with Gasteiger partial charge in [0.1, 0.15) is 4.88 Å². The first kappa shape index (κ1) is 14.5. The molecular weight excluding hydrogens is 308 g/mol. The van der Waals surface area contributed by atoms with Gasteiger partial charge in [-0.05, 0) is 24.3 Å². The first-order valence-electron chi connectivity index (χ1n) is 6.94. The Morgan fingerprint density at radius 2 is 1.90 bits per heavy atom. The Kier molecular flexibility index (Phi) is 3.75. The van der Waals surface area contributed by atoms with Gasteiger partial charge in [0.05, 0.1) is 11.0 Å². The van der Waals surface area contributed by atoms with Crippen molar-refractivity contribution in [2.45, 2.75) is 36.7 Å². The fourth-order valence-corrected chi connectivity index (χ4v) is 6.12. The van der Waals surface area contributed by atoms with E-state index in [0.717, 1.165) is 34.3 Å². The summed E-state index contributed by atoms with van der Waals surface area (Å²) in [4.78, 5) is 11.6. The number of hydrogen-bond acceptors (Lipinski definition) is 4. The number of rotatable bonds is 4. The predicted octanol–water partition coefficient (Wildman–Crippen LogP) is 3.46. The van der Waals surface area contributed by atoms with Crippen LogP contribution in [0.1, 0.15) is 40.9 Å². The van der Waals surface area contributed by atoms with Crippen LogP contribution in [-0.2, 0) is 15.6 Å². The molecule has 2 aromatic rings. The molecule has 0 aliphatic heterocycles. The standard InChI is InChI=1S/C15H16O4S2/c16-15(17)14-12(11-7-3-4-8-13(11)20-14)9-21(18,19)10-5-1-2-6-10/h3-4,7-8,10H,1-2,5-6,9H2,(H,16,17). The van der Waals surface area contributed by atoms with Crippen LogP contribution in [0.15, 0.2) is 24.3 Å². The van der Waals surface area contributed by atoms with Crippen LogP contribution < -0.4 is 0 Å². The third-order valence-electron chi connectivity index (χ3n) is 4.05. The van der Waals surface area contributed by atoms with E-state index >= 15 is 0 Å². The Hall–Kier alpha value is -1.40. The molecule has 1 aromatic carbocycles. The Labute approximate surface area is 127 Å². The largest absolute Gasteiger partial charge is 0.477 e. The highest BCUT2D eigenvalue weighted by molar-refractivity contribution is 7.91. The summed E-state index contributed by atoms with van der Waals surface area (Å²) in [6.07, 6.45) is 3.29. The van der Waals surface area contributed by atoms with Crippen LogP contribution in [0, 0.1) is 0 Å². The summed E-state index contributed by atoms with van der Waals surface area (Å²) in [5.41, 5.74) is 0.454. The van der Waals surface area contributed by atoms with Gasteiger partial charge >= 0.3 is 5.97 Å². The van der Waals surface area contributed by atoms with E-state index in [1.165, 1.54) is 0 Å². The third-order valence-corrected chi connectivity index (χ3v) is 7.43. The Balaban J connectivity index is 2.07. The normalized spacial score (nSPS) is 16.6. The monoisotopic (exact) mass is 324 g/mol. The minimum absolute atomic E-state index is 0.151. The quantitative estimate of drug-likeness (QED) is 0.935. The average molecular weight is 324 g/mol. The van der Waals surface area contributed by atoms with Crippen LogP contribution in [0.4, 0.5) is 0 Å². The molecule has 4 nitrogen and oxygen atoms in total. The van der Waals surface area contributed by atoms with Crippen LogP contribution in [0.2, 0.25) is 0 Å². The van der Waals surface area contributed by atoms with E-state index < -0.39 is 15.8 Å². The lowest BCUT2D eigenvalue weighted by molar-refractivity contribution is 0.0701. The van der Waals surface area contributed by atoms with Gasteiger partial charge in [-0.1, -0.05) is 31.0 Å². The van der Waals surface area contributed by atoms with Crippen LogP contribution in [0.5, 0.6) is 0 Å². The van der Waals surface area contributed by atoms with Crippen molar-refractivity contribution in [3.63, 3.8) is 0 Å². The number of hydrogen-bond donors (Lipinski definition) is 1. The molecule has 1 aliphatic carbocycles. The first-order valence-corrected chi connectivity index (χ1v) is 9.47. The molecule has 0 bridgehead atoms. The van der Waals surface area contributed by atoms with Crippen molar-refractivity contribution in [3.8, 4) is 0 Å². The third kappa shape index (κ3) is 2.70. The van der Waals surface area contributed by atoms with E-state index in [0.29, 0.717) is 18.4 Å². The molecule has 112 valence electrons. The van der Waals surface area contributed by atoms with Crippen molar-refractivity contribution in [2.75, 3.05) is 0 Å². The van der Waals surface area contributed by atoms with Crippen molar-refractivity contribution in [1.82, 2.24) is 0 Å². The molecule has 0 unspecified atom stereocenters. The molecule has 0 spiro atoms. The molecule has 1 heterocycles. The van der Waals surface area contributed by atoms with Crippen molar-refractivity contribution in [3.05, 3.63) is 34.7 Å². The van der Waals surface area contributed by atoms with E-state index in [1.807, 2.05) is 18.2 Å². The zero-order chi connectivity index (χ0) is 15.0. The summed E-state index contributed by atoms with van der Waals surface area (Å²) >= 11 is 1.15. The first-order chi connectivity index (χ1) is 9.99. The molecule has 0 atom stereocenters. The van der Waals surface area contributed by atoms with Crippen molar-refractivity contribution in [1.29, 1.82) is 0 Å². The Morgan fingerprint density at radius 3 is 2.57 bits per heavy atom. The molecule has 21 heavy (non-hydrogen) atoms. The van der Waals surface area contributed by atoms with Gasteiger partial charge in [0.25, 0.3) is 0 Å². The maximum atomic E-state index is 12.5. The van der Waals surface area contributed by atoms with E-state index in [4.69, 9.17) is 0 Å². The summed E-state index contributed by atoms with van der Waals surface area (Å²) < 4.78 is 25.9. The fourth-order valence-electron chi connectivity index (χ4n) is 2.98. The van der Waals surface area contributed by atoms with Gasteiger partial charge in [-0.2, -0.15) is 0 Å². The maximum absolute atomic E-state index is 12.5. The Morgan fingerprint density at radius 1 is 1.24 bits per heavy atom. The lowest BCUT2D eigenvalue weighted by Gasteiger charge is -2.11. The number of benzene rings is 1. The molecule has 1 fully saturated rings. The number of carboxylic acids is 1. The number of carbonyl (C=O) groups is 1. The molecule has 1 saturated carbocycles.